The van der Waals surface area contributed by atoms with Gasteiger partial charge in [0.2, 0.25) is 5.91 Å². The average molecular weight is 430 g/mol. The standard InChI is InChI=1S/C26H27N3O3/c1-28(2)17-15-18-11-13-20(14-12-18)27-23(30)10-5-16-29-25(31)21-8-3-6-19-7-4-9-22(24(19)21)26(29)32/h3-4,6-9,11-14H,5,10,15-17H2,1-2H3,(H,27,30). The van der Waals surface area contributed by atoms with Crippen LogP contribution in [0.3, 0.4) is 0 Å². The molecule has 6 nitrogen and oxygen atoms in total. The molecule has 3 amide bonds. The lowest BCUT2D eigenvalue weighted by Crippen LogP contribution is -2.41. The number of benzene rings is 3. The number of rotatable bonds is 8. The Labute approximate surface area is 187 Å². The van der Waals surface area contributed by atoms with Gasteiger partial charge in [-0.05, 0) is 62.2 Å². The first-order valence-corrected chi connectivity index (χ1v) is 10.9. The van der Waals surface area contributed by atoms with Crippen molar-refractivity contribution in [2.75, 3.05) is 32.5 Å². The number of carbonyl (C=O) groups excluding carboxylic acids is 3. The van der Waals surface area contributed by atoms with Crippen molar-refractivity contribution in [3.05, 3.63) is 77.4 Å². The van der Waals surface area contributed by atoms with E-state index >= 15 is 0 Å². The molecule has 1 heterocycles. The minimum absolute atomic E-state index is 0.134. The van der Waals surface area contributed by atoms with Gasteiger partial charge in [0, 0.05) is 41.7 Å². The topological polar surface area (TPSA) is 69.7 Å². The van der Waals surface area contributed by atoms with Crippen molar-refractivity contribution in [1.29, 1.82) is 0 Å². The maximum absolute atomic E-state index is 12.9. The van der Waals surface area contributed by atoms with Crippen LogP contribution in [0.5, 0.6) is 0 Å². The van der Waals surface area contributed by atoms with E-state index < -0.39 is 0 Å². The van der Waals surface area contributed by atoms with E-state index in [1.807, 2.05) is 62.6 Å². The molecule has 1 N–H and O–H groups in total. The summed E-state index contributed by atoms with van der Waals surface area (Å²) in [4.78, 5) is 41.6. The lowest BCUT2D eigenvalue weighted by Gasteiger charge is -2.27. The summed E-state index contributed by atoms with van der Waals surface area (Å²) >= 11 is 0. The number of likely N-dealkylation sites (N-methyl/N-ethyl adjacent to an activating group) is 1. The zero-order chi connectivity index (χ0) is 22.7. The number of hydrogen-bond acceptors (Lipinski definition) is 4. The van der Waals surface area contributed by atoms with Crippen molar-refractivity contribution < 1.29 is 14.4 Å². The van der Waals surface area contributed by atoms with Gasteiger partial charge in [-0.2, -0.15) is 0 Å². The van der Waals surface area contributed by atoms with Gasteiger partial charge in [0.15, 0.2) is 0 Å². The molecule has 32 heavy (non-hydrogen) atoms. The maximum Gasteiger partial charge on any atom is 0.261 e. The molecule has 0 aromatic heterocycles. The Balaban J connectivity index is 1.33. The molecule has 0 atom stereocenters. The van der Waals surface area contributed by atoms with Crippen LogP contribution >= 0.6 is 0 Å². The highest BCUT2D eigenvalue weighted by Gasteiger charge is 2.32. The highest BCUT2D eigenvalue weighted by molar-refractivity contribution is 6.25. The van der Waals surface area contributed by atoms with Gasteiger partial charge in [-0.1, -0.05) is 36.4 Å². The van der Waals surface area contributed by atoms with Gasteiger partial charge in [-0.15, -0.1) is 0 Å². The predicted molar refractivity (Wildman–Crippen MR) is 126 cm³/mol. The first kappa shape index (κ1) is 21.7. The van der Waals surface area contributed by atoms with Crippen molar-refractivity contribution in [3.8, 4) is 0 Å². The van der Waals surface area contributed by atoms with E-state index in [9.17, 15) is 14.4 Å². The van der Waals surface area contributed by atoms with Crippen LogP contribution in [0.15, 0.2) is 60.7 Å². The lowest BCUT2D eigenvalue weighted by atomic mass is 9.94. The lowest BCUT2D eigenvalue weighted by molar-refractivity contribution is -0.116. The van der Waals surface area contributed by atoms with Gasteiger partial charge in [0.1, 0.15) is 0 Å². The van der Waals surface area contributed by atoms with E-state index in [2.05, 4.69) is 10.2 Å². The fourth-order valence-electron chi connectivity index (χ4n) is 4.01. The monoisotopic (exact) mass is 429 g/mol. The Morgan fingerprint density at radius 2 is 1.53 bits per heavy atom. The molecule has 0 fully saturated rings. The predicted octanol–water partition coefficient (Wildman–Crippen LogP) is 3.96. The molecular formula is C26H27N3O3. The van der Waals surface area contributed by atoms with Crippen molar-refractivity contribution in [3.63, 3.8) is 0 Å². The quantitative estimate of drug-likeness (QED) is 0.551. The molecule has 0 saturated carbocycles. The normalized spacial score (nSPS) is 13.2. The second-order valence-electron chi connectivity index (χ2n) is 8.37. The Kier molecular flexibility index (Phi) is 6.32. The van der Waals surface area contributed by atoms with Crippen LogP contribution in [-0.2, 0) is 11.2 Å². The summed E-state index contributed by atoms with van der Waals surface area (Å²) in [7, 11) is 4.08. The molecule has 0 aliphatic carbocycles. The molecular weight excluding hydrogens is 402 g/mol. The number of hydrogen-bond donors (Lipinski definition) is 1. The van der Waals surface area contributed by atoms with Crippen LogP contribution in [0.25, 0.3) is 10.8 Å². The van der Waals surface area contributed by atoms with Crippen LogP contribution in [0.4, 0.5) is 5.69 Å². The average Bonchev–Trinajstić information content (AvgIpc) is 2.79. The van der Waals surface area contributed by atoms with E-state index in [-0.39, 0.29) is 30.7 Å². The van der Waals surface area contributed by atoms with Gasteiger partial charge in [0.25, 0.3) is 11.8 Å². The third-order valence-corrected chi connectivity index (χ3v) is 5.73. The van der Waals surface area contributed by atoms with E-state index in [1.54, 1.807) is 12.1 Å². The largest absolute Gasteiger partial charge is 0.326 e. The molecule has 0 spiro atoms. The first-order chi connectivity index (χ1) is 15.4. The second-order valence-corrected chi connectivity index (χ2v) is 8.37. The number of nitrogens with one attached hydrogen (secondary N) is 1. The molecule has 0 bridgehead atoms. The van der Waals surface area contributed by atoms with Crippen LogP contribution in [0.2, 0.25) is 0 Å². The van der Waals surface area contributed by atoms with Gasteiger partial charge in [0.05, 0.1) is 0 Å². The first-order valence-electron chi connectivity index (χ1n) is 10.9. The molecule has 1 aliphatic heterocycles. The number of imide groups is 1. The molecule has 0 radical (unpaired) electrons. The van der Waals surface area contributed by atoms with Crippen molar-refractivity contribution in [2.45, 2.75) is 19.3 Å². The summed E-state index contributed by atoms with van der Waals surface area (Å²) in [6.45, 7) is 1.18. The molecule has 3 aromatic rings. The Hall–Kier alpha value is -3.51. The van der Waals surface area contributed by atoms with Gasteiger partial charge in [-0.25, -0.2) is 0 Å². The molecule has 4 rings (SSSR count). The summed E-state index contributed by atoms with van der Waals surface area (Å²) < 4.78 is 0. The fourth-order valence-corrected chi connectivity index (χ4v) is 4.01. The van der Waals surface area contributed by atoms with Gasteiger partial charge in [-0.3, -0.25) is 19.3 Å². The smallest absolute Gasteiger partial charge is 0.261 e. The summed E-state index contributed by atoms with van der Waals surface area (Å²) in [5.41, 5.74) is 3.04. The number of amides is 3. The van der Waals surface area contributed by atoms with Crippen LogP contribution in [-0.4, -0.2) is 54.7 Å². The molecule has 0 unspecified atom stereocenters. The van der Waals surface area contributed by atoms with Crippen LogP contribution in [0.1, 0.15) is 39.1 Å². The zero-order valence-electron chi connectivity index (χ0n) is 18.4. The summed E-state index contributed by atoms with van der Waals surface area (Å²) in [5.74, 6) is -0.730. The number of carbonyl (C=O) groups is 3. The van der Waals surface area contributed by atoms with Gasteiger partial charge < -0.3 is 10.2 Å². The highest BCUT2D eigenvalue weighted by Crippen LogP contribution is 2.30. The maximum atomic E-state index is 12.9. The zero-order valence-corrected chi connectivity index (χ0v) is 18.4. The fraction of sp³-hybridized carbons (Fsp3) is 0.269. The minimum atomic E-state index is -0.298. The van der Waals surface area contributed by atoms with Crippen molar-refractivity contribution in [1.82, 2.24) is 9.80 Å². The third kappa shape index (κ3) is 4.55. The van der Waals surface area contributed by atoms with E-state index in [1.165, 1.54) is 10.5 Å². The highest BCUT2D eigenvalue weighted by atomic mass is 16.2. The summed E-state index contributed by atoms with van der Waals surface area (Å²) in [5, 5.41) is 4.49. The Bertz CT molecular complexity index is 1120. The van der Waals surface area contributed by atoms with Gasteiger partial charge >= 0.3 is 0 Å². The summed E-state index contributed by atoms with van der Waals surface area (Å²) in [6.07, 6.45) is 1.59. The molecule has 1 aliphatic rings. The molecule has 164 valence electrons. The van der Waals surface area contributed by atoms with Crippen LogP contribution in [0, 0.1) is 0 Å². The van der Waals surface area contributed by atoms with E-state index in [0.29, 0.717) is 22.9 Å². The Morgan fingerprint density at radius 3 is 2.12 bits per heavy atom. The van der Waals surface area contributed by atoms with E-state index in [0.717, 1.165) is 24.0 Å². The SMILES string of the molecule is CN(C)CCc1ccc(NC(=O)CCCN2C(=O)c3cccc4cccc(c34)C2=O)cc1. The molecule has 3 aromatic carbocycles. The van der Waals surface area contributed by atoms with E-state index in [4.69, 9.17) is 0 Å². The number of nitrogens with zero attached hydrogens (tertiary/aromatic N) is 2. The molecule has 0 saturated heterocycles. The minimum Gasteiger partial charge on any atom is -0.326 e. The second kappa shape index (κ2) is 9.32. The van der Waals surface area contributed by atoms with Crippen molar-refractivity contribution >= 4 is 34.2 Å². The third-order valence-electron chi connectivity index (χ3n) is 5.73. The Morgan fingerprint density at radius 1 is 0.906 bits per heavy atom. The number of anilines is 1. The van der Waals surface area contributed by atoms with Crippen molar-refractivity contribution in [2.24, 2.45) is 0 Å². The summed E-state index contributed by atoms with van der Waals surface area (Å²) in [6, 6.07) is 18.8. The van der Waals surface area contributed by atoms with Crippen LogP contribution < -0.4 is 5.32 Å². The molecule has 6 heteroatoms.